The Bertz CT molecular complexity index is 365. The third-order valence-corrected chi connectivity index (χ3v) is 4.05. The third-order valence-electron chi connectivity index (χ3n) is 3.28. The fourth-order valence-corrected chi connectivity index (χ4v) is 2.79. The minimum atomic E-state index is -0.0885. The predicted octanol–water partition coefficient (Wildman–Crippen LogP) is 3.16. The van der Waals surface area contributed by atoms with Crippen LogP contribution in [0.2, 0.25) is 0 Å². The molecule has 0 heterocycles. The van der Waals surface area contributed by atoms with Crippen LogP contribution in [0.15, 0.2) is 22.7 Å². The summed E-state index contributed by atoms with van der Waals surface area (Å²) in [5.74, 6) is 1.51. The molecule has 0 aliphatic heterocycles. The average Bonchev–Trinajstić information content (AvgIpc) is 2.67. The summed E-state index contributed by atoms with van der Waals surface area (Å²) in [6.45, 7) is 0. The molecule has 16 heavy (non-hydrogen) atoms. The molecular formula is C13H17BrO2. The highest BCUT2D eigenvalue weighted by Crippen LogP contribution is 2.32. The molecule has 1 fully saturated rings. The predicted molar refractivity (Wildman–Crippen MR) is 67.7 cm³/mol. The molecule has 0 bridgehead atoms. The minimum Gasteiger partial charge on any atom is -0.497 e. The van der Waals surface area contributed by atoms with Gasteiger partial charge in [0.25, 0.3) is 0 Å². The van der Waals surface area contributed by atoms with E-state index in [9.17, 15) is 5.11 Å². The standard InChI is InChI=1S/C13H17BrO2/c1-16-12-4-5-13(14)10(8-12)6-9-2-3-11(15)7-9/h4-5,8-9,11,15H,2-3,6-7H2,1H3. The monoisotopic (exact) mass is 284 g/mol. The van der Waals surface area contributed by atoms with E-state index in [0.29, 0.717) is 5.92 Å². The Hall–Kier alpha value is -0.540. The zero-order chi connectivity index (χ0) is 11.5. The third kappa shape index (κ3) is 2.77. The Morgan fingerprint density at radius 3 is 2.88 bits per heavy atom. The molecule has 2 nitrogen and oxygen atoms in total. The van der Waals surface area contributed by atoms with Gasteiger partial charge in [-0.15, -0.1) is 0 Å². The summed E-state index contributed by atoms with van der Waals surface area (Å²) < 4.78 is 6.36. The first-order chi connectivity index (χ1) is 7.69. The van der Waals surface area contributed by atoms with Crippen molar-refractivity contribution in [3.63, 3.8) is 0 Å². The van der Waals surface area contributed by atoms with Crippen LogP contribution in [0.25, 0.3) is 0 Å². The van der Waals surface area contributed by atoms with Gasteiger partial charge in [0.2, 0.25) is 0 Å². The van der Waals surface area contributed by atoms with E-state index in [1.165, 1.54) is 5.56 Å². The topological polar surface area (TPSA) is 29.5 Å². The Balaban J connectivity index is 2.08. The Kier molecular flexibility index (Phi) is 3.87. The van der Waals surface area contributed by atoms with E-state index in [4.69, 9.17) is 4.74 Å². The molecule has 3 heteroatoms. The number of rotatable bonds is 3. The Morgan fingerprint density at radius 1 is 1.44 bits per heavy atom. The number of aliphatic hydroxyl groups excluding tert-OH is 1. The fraction of sp³-hybridized carbons (Fsp3) is 0.538. The number of hydrogen-bond acceptors (Lipinski definition) is 2. The SMILES string of the molecule is COc1ccc(Br)c(CC2CCC(O)C2)c1. The van der Waals surface area contributed by atoms with E-state index >= 15 is 0 Å². The van der Waals surface area contributed by atoms with Gasteiger partial charge >= 0.3 is 0 Å². The highest BCUT2D eigenvalue weighted by atomic mass is 79.9. The van der Waals surface area contributed by atoms with E-state index in [1.54, 1.807) is 7.11 Å². The Labute approximate surface area is 105 Å². The van der Waals surface area contributed by atoms with Crippen LogP contribution in [0.4, 0.5) is 0 Å². The maximum atomic E-state index is 9.51. The first-order valence-electron chi connectivity index (χ1n) is 5.69. The largest absolute Gasteiger partial charge is 0.497 e. The van der Waals surface area contributed by atoms with Crippen molar-refractivity contribution < 1.29 is 9.84 Å². The first kappa shape index (κ1) is 11.9. The van der Waals surface area contributed by atoms with Gasteiger partial charge in [0.05, 0.1) is 13.2 Å². The molecule has 2 unspecified atom stereocenters. The molecule has 0 aromatic heterocycles. The van der Waals surface area contributed by atoms with Gasteiger partial charge in [0.15, 0.2) is 0 Å². The normalized spacial score (nSPS) is 24.7. The van der Waals surface area contributed by atoms with Crippen LogP contribution in [-0.2, 0) is 6.42 Å². The van der Waals surface area contributed by atoms with E-state index in [-0.39, 0.29) is 6.10 Å². The number of halogens is 1. The highest BCUT2D eigenvalue weighted by Gasteiger charge is 2.23. The summed E-state index contributed by atoms with van der Waals surface area (Å²) in [5.41, 5.74) is 1.28. The second-order valence-corrected chi connectivity index (χ2v) is 5.35. The van der Waals surface area contributed by atoms with Crippen LogP contribution in [0, 0.1) is 5.92 Å². The zero-order valence-electron chi connectivity index (χ0n) is 9.45. The molecule has 1 aliphatic carbocycles. The summed E-state index contributed by atoms with van der Waals surface area (Å²) in [7, 11) is 1.69. The number of ether oxygens (including phenoxy) is 1. The van der Waals surface area contributed by atoms with E-state index in [2.05, 4.69) is 22.0 Å². The van der Waals surface area contributed by atoms with Gasteiger partial charge < -0.3 is 9.84 Å². The number of benzene rings is 1. The summed E-state index contributed by atoms with van der Waals surface area (Å²) >= 11 is 3.56. The van der Waals surface area contributed by atoms with Gasteiger partial charge in [-0.3, -0.25) is 0 Å². The molecule has 2 rings (SSSR count). The van der Waals surface area contributed by atoms with Crippen molar-refractivity contribution in [3.8, 4) is 5.75 Å². The molecule has 0 amide bonds. The lowest BCUT2D eigenvalue weighted by atomic mass is 9.98. The molecule has 0 radical (unpaired) electrons. The van der Waals surface area contributed by atoms with Crippen LogP contribution in [-0.4, -0.2) is 18.3 Å². The second-order valence-electron chi connectivity index (χ2n) is 4.49. The fourth-order valence-electron chi connectivity index (χ4n) is 2.38. The van der Waals surface area contributed by atoms with Gasteiger partial charge in [-0.25, -0.2) is 0 Å². The summed E-state index contributed by atoms with van der Waals surface area (Å²) in [5, 5.41) is 9.51. The van der Waals surface area contributed by atoms with Crippen molar-refractivity contribution >= 4 is 15.9 Å². The summed E-state index contributed by atoms with van der Waals surface area (Å²) in [6.07, 6.45) is 3.95. The maximum absolute atomic E-state index is 9.51. The summed E-state index contributed by atoms with van der Waals surface area (Å²) in [4.78, 5) is 0. The number of methoxy groups -OCH3 is 1. The molecule has 2 atom stereocenters. The minimum absolute atomic E-state index is 0.0885. The second kappa shape index (κ2) is 5.19. The molecule has 1 aromatic carbocycles. The lowest BCUT2D eigenvalue weighted by Gasteiger charge is -2.12. The zero-order valence-corrected chi connectivity index (χ0v) is 11.0. The lowest BCUT2D eigenvalue weighted by molar-refractivity contribution is 0.177. The molecule has 88 valence electrons. The van der Waals surface area contributed by atoms with Crippen LogP contribution < -0.4 is 4.74 Å². The van der Waals surface area contributed by atoms with Crippen LogP contribution >= 0.6 is 15.9 Å². The first-order valence-corrected chi connectivity index (χ1v) is 6.49. The molecule has 0 spiro atoms. The van der Waals surface area contributed by atoms with Crippen molar-refractivity contribution in [2.45, 2.75) is 31.8 Å². The van der Waals surface area contributed by atoms with Crippen LogP contribution in [0.1, 0.15) is 24.8 Å². The van der Waals surface area contributed by atoms with Crippen molar-refractivity contribution in [2.75, 3.05) is 7.11 Å². The molecule has 1 aromatic rings. The van der Waals surface area contributed by atoms with Gasteiger partial charge in [-0.05, 0) is 55.4 Å². The van der Waals surface area contributed by atoms with Crippen molar-refractivity contribution in [2.24, 2.45) is 5.92 Å². The van der Waals surface area contributed by atoms with Crippen LogP contribution in [0.3, 0.4) is 0 Å². The molecule has 0 saturated heterocycles. The smallest absolute Gasteiger partial charge is 0.119 e. The van der Waals surface area contributed by atoms with Crippen molar-refractivity contribution in [3.05, 3.63) is 28.2 Å². The average molecular weight is 285 g/mol. The Morgan fingerprint density at radius 2 is 2.25 bits per heavy atom. The van der Waals surface area contributed by atoms with Crippen LogP contribution in [0.5, 0.6) is 5.75 Å². The van der Waals surface area contributed by atoms with Gasteiger partial charge in [0, 0.05) is 4.47 Å². The van der Waals surface area contributed by atoms with Gasteiger partial charge in [-0.2, -0.15) is 0 Å². The lowest BCUT2D eigenvalue weighted by Crippen LogP contribution is -2.03. The van der Waals surface area contributed by atoms with E-state index in [1.807, 2.05) is 12.1 Å². The van der Waals surface area contributed by atoms with Crippen molar-refractivity contribution in [1.29, 1.82) is 0 Å². The number of hydrogen-bond donors (Lipinski definition) is 1. The highest BCUT2D eigenvalue weighted by molar-refractivity contribution is 9.10. The number of aliphatic hydroxyl groups is 1. The quantitative estimate of drug-likeness (QED) is 0.924. The molecule has 1 aliphatic rings. The maximum Gasteiger partial charge on any atom is 0.119 e. The van der Waals surface area contributed by atoms with Gasteiger partial charge in [-0.1, -0.05) is 15.9 Å². The molecular weight excluding hydrogens is 268 g/mol. The molecule has 1 N–H and O–H groups in total. The van der Waals surface area contributed by atoms with E-state index in [0.717, 1.165) is 35.9 Å². The van der Waals surface area contributed by atoms with Gasteiger partial charge in [0.1, 0.15) is 5.75 Å². The summed E-state index contributed by atoms with van der Waals surface area (Å²) in [6, 6.07) is 6.06. The van der Waals surface area contributed by atoms with E-state index < -0.39 is 0 Å². The van der Waals surface area contributed by atoms with Crippen molar-refractivity contribution in [1.82, 2.24) is 0 Å². The molecule has 1 saturated carbocycles.